The van der Waals surface area contributed by atoms with Crippen LogP contribution in [0.4, 0.5) is 5.82 Å². The van der Waals surface area contributed by atoms with Gasteiger partial charge in [-0.15, -0.1) is 0 Å². The van der Waals surface area contributed by atoms with Gasteiger partial charge in [0.05, 0.1) is 0 Å². The van der Waals surface area contributed by atoms with E-state index in [-0.39, 0.29) is 5.69 Å². The Morgan fingerprint density at radius 2 is 2.07 bits per heavy atom. The molecule has 1 rings (SSSR count). The van der Waals surface area contributed by atoms with Crippen LogP contribution in [-0.2, 0) is 6.54 Å². The molecule has 0 aliphatic carbocycles. The van der Waals surface area contributed by atoms with Crippen molar-refractivity contribution < 1.29 is 0 Å². The van der Waals surface area contributed by atoms with E-state index in [4.69, 9.17) is 5.73 Å². The Hall–Kier alpha value is -1.32. The van der Waals surface area contributed by atoms with Crippen molar-refractivity contribution in [3.05, 3.63) is 22.7 Å². The highest BCUT2D eigenvalue weighted by Gasteiger charge is 1.97. The summed E-state index contributed by atoms with van der Waals surface area (Å²) >= 11 is 0. The van der Waals surface area contributed by atoms with Crippen molar-refractivity contribution in [1.82, 2.24) is 9.55 Å². The van der Waals surface area contributed by atoms with Crippen molar-refractivity contribution in [2.75, 3.05) is 5.73 Å². The predicted molar refractivity (Wildman–Crippen MR) is 61.7 cm³/mol. The van der Waals surface area contributed by atoms with Crippen molar-refractivity contribution in [1.29, 1.82) is 0 Å². The minimum atomic E-state index is -0.245. The number of aromatic nitrogens is 2. The molecule has 15 heavy (non-hydrogen) atoms. The van der Waals surface area contributed by atoms with Gasteiger partial charge in [0, 0.05) is 12.7 Å². The molecule has 0 aromatic carbocycles. The molecule has 2 N–H and O–H groups in total. The van der Waals surface area contributed by atoms with Crippen LogP contribution in [0.2, 0.25) is 0 Å². The topological polar surface area (TPSA) is 60.9 Å². The first-order valence-corrected chi connectivity index (χ1v) is 5.57. The average Bonchev–Trinajstić information content (AvgIpc) is 2.20. The lowest BCUT2D eigenvalue weighted by Gasteiger charge is -2.04. The molecule has 0 amide bonds. The molecule has 0 aliphatic rings. The van der Waals surface area contributed by atoms with Crippen LogP contribution in [0.1, 0.15) is 39.0 Å². The van der Waals surface area contributed by atoms with Gasteiger partial charge in [-0.3, -0.25) is 4.57 Å². The Balaban J connectivity index is 2.34. The van der Waals surface area contributed by atoms with Gasteiger partial charge >= 0.3 is 5.69 Å². The molecule has 0 saturated heterocycles. The van der Waals surface area contributed by atoms with Crippen LogP contribution in [0.5, 0.6) is 0 Å². The van der Waals surface area contributed by atoms with Crippen molar-refractivity contribution in [3.63, 3.8) is 0 Å². The Morgan fingerprint density at radius 1 is 1.33 bits per heavy atom. The van der Waals surface area contributed by atoms with Crippen LogP contribution >= 0.6 is 0 Å². The van der Waals surface area contributed by atoms with Crippen molar-refractivity contribution >= 4 is 5.82 Å². The Kier molecular flexibility index (Phi) is 4.87. The minimum Gasteiger partial charge on any atom is -0.383 e. The summed E-state index contributed by atoms with van der Waals surface area (Å²) in [5.41, 5.74) is 5.15. The molecule has 0 aliphatic heterocycles. The SMILES string of the molecule is CCCCCCCn1ccc(N)nc1=O. The van der Waals surface area contributed by atoms with E-state index < -0.39 is 0 Å². The molecule has 4 heteroatoms. The first-order valence-electron chi connectivity index (χ1n) is 5.57. The minimum absolute atomic E-state index is 0.245. The summed E-state index contributed by atoms with van der Waals surface area (Å²) in [5.74, 6) is 0.294. The van der Waals surface area contributed by atoms with Crippen LogP contribution in [0.25, 0.3) is 0 Å². The molecule has 0 atom stereocenters. The molecular weight excluding hydrogens is 190 g/mol. The fourth-order valence-corrected chi connectivity index (χ4v) is 1.50. The lowest BCUT2D eigenvalue weighted by Crippen LogP contribution is -2.23. The molecule has 0 spiro atoms. The second-order valence-electron chi connectivity index (χ2n) is 3.74. The number of hydrogen-bond acceptors (Lipinski definition) is 3. The number of nitrogen functional groups attached to an aromatic ring is 1. The first-order chi connectivity index (χ1) is 7.24. The standard InChI is InChI=1S/C11H19N3O/c1-2-3-4-5-6-8-14-9-7-10(12)13-11(14)15/h7,9H,2-6,8H2,1H3,(H2,12,13,15). The van der Waals surface area contributed by atoms with E-state index >= 15 is 0 Å². The number of aryl methyl sites for hydroxylation is 1. The third kappa shape index (κ3) is 4.14. The Labute approximate surface area is 90.1 Å². The Morgan fingerprint density at radius 3 is 2.73 bits per heavy atom. The van der Waals surface area contributed by atoms with Crippen molar-refractivity contribution in [2.24, 2.45) is 0 Å². The highest BCUT2D eigenvalue weighted by molar-refractivity contribution is 5.23. The van der Waals surface area contributed by atoms with Crippen LogP contribution < -0.4 is 11.4 Å². The van der Waals surface area contributed by atoms with E-state index in [1.54, 1.807) is 16.8 Å². The average molecular weight is 209 g/mol. The van der Waals surface area contributed by atoms with Gasteiger partial charge in [0.25, 0.3) is 0 Å². The third-order valence-corrected chi connectivity index (χ3v) is 2.40. The predicted octanol–water partition coefficient (Wildman–Crippen LogP) is 1.80. The molecule has 84 valence electrons. The molecule has 0 fully saturated rings. The Bertz CT molecular complexity index is 346. The number of anilines is 1. The van der Waals surface area contributed by atoms with Crippen LogP contribution in [0.3, 0.4) is 0 Å². The summed E-state index contributed by atoms with van der Waals surface area (Å²) < 4.78 is 1.61. The van der Waals surface area contributed by atoms with E-state index in [1.807, 2.05) is 0 Å². The lowest BCUT2D eigenvalue weighted by atomic mass is 10.1. The normalized spacial score (nSPS) is 10.5. The van der Waals surface area contributed by atoms with Crippen molar-refractivity contribution in [3.8, 4) is 0 Å². The lowest BCUT2D eigenvalue weighted by molar-refractivity contribution is 0.552. The van der Waals surface area contributed by atoms with Crippen LogP contribution in [0.15, 0.2) is 17.1 Å². The summed E-state index contributed by atoms with van der Waals surface area (Å²) in [5, 5.41) is 0. The van der Waals surface area contributed by atoms with Gasteiger partial charge in [-0.1, -0.05) is 32.6 Å². The molecule has 0 saturated carbocycles. The largest absolute Gasteiger partial charge is 0.383 e. The quantitative estimate of drug-likeness (QED) is 0.727. The molecule has 1 aromatic heterocycles. The van der Waals surface area contributed by atoms with Gasteiger partial charge in [-0.05, 0) is 12.5 Å². The maximum atomic E-state index is 11.3. The van der Waals surface area contributed by atoms with E-state index in [9.17, 15) is 4.79 Å². The van der Waals surface area contributed by atoms with Gasteiger partial charge < -0.3 is 5.73 Å². The highest BCUT2D eigenvalue weighted by atomic mass is 16.1. The fourth-order valence-electron chi connectivity index (χ4n) is 1.50. The fraction of sp³-hybridized carbons (Fsp3) is 0.636. The number of rotatable bonds is 6. The summed E-state index contributed by atoms with van der Waals surface area (Å²) in [6, 6.07) is 1.66. The zero-order valence-corrected chi connectivity index (χ0v) is 9.28. The molecular formula is C11H19N3O. The van der Waals surface area contributed by atoms with Gasteiger partial charge in [-0.2, -0.15) is 4.98 Å². The zero-order chi connectivity index (χ0) is 11.1. The summed E-state index contributed by atoms with van der Waals surface area (Å²) in [6.07, 6.45) is 7.67. The highest BCUT2D eigenvalue weighted by Crippen LogP contribution is 2.03. The van der Waals surface area contributed by atoms with Gasteiger partial charge in [0.1, 0.15) is 5.82 Å². The summed E-state index contributed by atoms with van der Waals surface area (Å²) in [7, 11) is 0. The first kappa shape index (κ1) is 11.8. The number of hydrogen-bond donors (Lipinski definition) is 1. The van der Waals surface area contributed by atoms with Crippen LogP contribution in [0, 0.1) is 0 Å². The van der Waals surface area contributed by atoms with Crippen LogP contribution in [-0.4, -0.2) is 9.55 Å². The number of nitrogens with zero attached hydrogens (tertiary/aromatic N) is 2. The molecule has 0 radical (unpaired) electrons. The molecule has 0 unspecified atom stereocenters. The monoisotopic (exact) mass is 209 g/mol. The summed E-state index contributed by atoms with van der Waals surface area (Å²) in [6.45, 7) is 2.93. The van der Waals surface area contributed by atoms with Gasteiger partial charge in [-0.25, -0.2) is 4.79 Å². The number of nitrogens with two attached hydrogens (primary N) is 1. The number of unbranched alkanes of at least 4 members (excludes halogenated alkanes) is 4. The van der Waals surface area contributed by atoms with E-state index in [0.717, 1.165) is 13.0 Å². The van der Waals surface area contributed by atoms with Gasteiger partial charge in [0.2, 0.25) is 0 Å². The maximum Gasteiger partial charge on any atom is 0.349 e. The zero-order valence-electron chi connectivity index (χ0n) is 9.28. The van der Waals surface area contributed by atoms with E-state index in [1.165, 1.54) is 25.7 Å². The van der Waals surface area contributed by atoms with Gasteiger partial charge in [0.15, 0.2) is 0 Å². The molecule has 1 aromatic rings. The second-order valence-corrected chi connectivity index (χ2v) is 3.74. The second kappa shape index (κ2) is 6.22. The van der Waals surface area contributed by atoms with E-state index in [0.29, 0.717) is 5.82 Å². The summed E-state index contributed by atoms with van der Waals surface area (Å²) in [4.78, 5) is 15.0. The molecule has 0 bridgehead atoms. The smallest absolute Gasteiger partial charge is 0.349 e. The molecule has 4 nitrogen and oxygen atoms in total. The van der Waals surface area contributed by atoms with E-state index in [2.05, 4.69) is 11.9 Å². The molecule has 1 heterocycles. The maximum absolute atomic E-state index is 11.3. The van der Waals surface area contributed by atoms with Crippen molar-refractivity contribution in [2.45, 2.75) is 45.6 Å². The third-order valence-electron chi connectivity index (χ3n) is 2.40.